The van der Waals surface area contributed by atoms with Crippen molar-refractivity contribution in [2.45, 2.75) is 12.5 Å². The van der Waals surface area contributed by atoms with E-state index >= 15 is 0 Å². The predicted molar refractivity (Wildman–Crippen MR) is 54.8 cm³/mol. The first-order chi connectivity index (χ1) is 6.91. The van der Waals surface area contributed by atoms with Gasteiger partial charge in [0.05, 0.1) is 0 Å². The maximum absolute atomic E-state index is 13.3. The molecule has 1 aromatic rings. The van der Waals surface area contributed by atoms with Crippen molar-refractivity contribution in [2.24, 2.45) is 11.5 Å². The normalized spacial score (nSPS) is 12.5. The Morgan fingerprint density at radius 1 is 1.40 bits per heavy atom. The molecule has 0 aliphatic carbocycles. The van der Waals surface area contributed by atoms with Gasteiger partial charge in [-0.3, -0.25) is 4.79 Å². The monoisotopic (exact) mass is 278 g/mol. The fourth-order valence-electron chi connectivity index (χ4n) is 1.23. The summed E-state index contributed by atoms with van der Waals surface area (Å²) < 4.78 is 26.9. The second-order valence-corrected chi connectivity index (χ2v) is 3.98. The highest BCUT2D eigenvalue weighted by atomic mass is 79.9. The molecule has 6 heteroatoms. The molecule has 0 aliphatic heterocycles. The molecular weight excluding hydrogens is 270 g/mol. The van der Waals surface area contributed by atoms with E-state index in [2.05, 4.69) is 15.9 Å². The number of carbonyl (C=O) groups is 1. The van der Waals surface area contributed by atoms with E-state index in [9.17, 15) is 13.6 Å². The summed E-state index contributed by atoms with van der Waals surface area (Å²) in [6.45, 7) is 0. The summed E-state index contributed by atoms with van der Waals surface area (Å²) in [5.74, 6) is -2.30. The molecule has 1 amide bonds. The zero-order valence-electron chi connectivity index (χ0n) is 7.64. The Labute approximate surface area is 93.6 Å². The Kier molecular flexibility index (Phi) is 3.76. The third-order valence-electron chi connectivity index (χ3n) is 1.84. The minimum absolute atomic E-state index is 0.271. The number of hydrogen-bond donors (Lipinski definition) is 2. The molecule has 0 heterocycles. The van der Waals surface area contributed by atoms with Gasteiger partial charge in [-0.25, -0.2) is 8.78 Å². The lowest BCUT2D eigenvalue weighted by Gasteiger charge is -2.12. The van der Waals surface area contributed by atoms with E-state index < -0.39 is 23.6 Å². The van der Waals surface area contributed by atoms with E-state index in [0.717, 1.165) is 12.1 Å². The molecule has 0 spiro atoms. The van der Waals surface area contributed by atoms with Crippen LogP contribution in [0.4, 0.5) is 8.78 Å². The van der Waals surface area contributed by atoms with Gasteiger partial charge in [0.15, 0.2) is 0 Å². The molecule has 15 heavy (non-hydrogen) atoms. The summed E-state index contributed by atoms with van der Waals surface area (Å²) in [5.41, 5.74) is 10.0. The predicted octanol–water partition coefficient (Wildman–Crippen LogP) is 1.60. The molecule has 0 bridgehead atoms. The largest absolute Gasteiger partial charge is 0.370 e. The van der Waals surface area contributed by atoms with Gasteiger partial charge >= 0.3 is 0 Å². The first kappa shape index (κ1) is 12.1. The lowest BCUT2D eigenvalue weighted by molar-refractivity contribution is -0.118. The third-order valence-corrected chi connectivity index (χ3v) is 2.29. The van der Waals surface area contributed by atoms with Crippen molar-refractivity contribution in [3.8, 4) is 0 Å². The number of amides is 1. The number of halogens is 3. The molecular formula is C9H9BrF2N2O. The van der Waals surface area contributed by atoms with Crippen LogP contribution >= 0.6 is 15.9 Å². The molecule has 0 aromatic heterocycles. The van der Waals surface area contributed by atoms with Crippen LogP contribution in [-0.2, 0) is 4.79 Å². The summed E-state index contributed by atoms with van der Waals surface area (Å²) in [6.07, 6.45) is -0.296. The van der Waals surface area contributed by atoms with Crippen LogP contribution in [0.1, 0.15) is 18.0 Å². The molecule has 0 fully saturated rings. The van der Waals surface area contributed by atoms with Crippen molar-refractivity contribution >= 4 is 21.8 Å². The lowest BCUT2D eigenvalue weighted by Crippen LogP contribution is -2.22. The van der Waals surface area contributed by atoms with Crippen LogP contribution in [0.3, 0.4) is 0 Å². The molecule has 3 nitrogen and oxygen atoms in total. The van der Waals surface area contributed by atoms with Crippen LogP contribution in [0.2, 0.25) is 0 Å². The van der Waals surface area contributed by atoms with Crippen molar-refractivity contribution < 1.29 is 13.6 Å². The van der Waals surface area contributed by atoms with E-state index in [1.165, 1.54) is 0 Å². The molecule has 82 valence electrons. The van der Waals surface area contributed by atoms with Crippen LogP contribution in [0.25, 0.3) is 0 Å². The minimum Gasteiger partial charge on any atom is -0.370 e. The van der Waals surface area contributed by atoms with Gasteiger partial charge in [-0.2, -0.15) is 0 Å². The number of benzene rings is 1. The van der Waals surface area contributed by atoms with E-state index in [0.29, 0.717) is 0 Å². The van der Waals surface area contributed by atoms with Crippen molar-refractivity contribution in [2.75, 3.05) is 0 Å². The summed E-state index contributed by atoms with van der Waals surface area (Å²) >= 11 is 2.93. The van der Waals surface area contributed by atoms with Crippen LogP contribution < -0.4 is 11.5 Å². The van der Waals surface area contributed by atoms with Crippen LogP contribution in [0.5, 0.6) is 0 Å². The van der Waals surface area contributed by atoms with Crippen molar-refractivity contribution in [1.29, 1.82) is 0 Å². The Morgan fingerprint density at radius 3 is 2.27 bits per heavy atom. The average molecular weight is 279 g/mol. The molecule has 1 rings (SSSR count). The molecule has 0 saturated carbocycles. The van der Waals surface area contributed by atoms with Gasteiger partial charge in [0.1, 0.15) is 11.6 Å². The summed E-state index contributed by atoms with van der Waals surface area (Å²) in [6, 6.07) is 1.11. The number of hydrogen-bond acceptors (Lipinski definition) is 2. The smallest absolute Gasteiger partial charge is 0.219 e. The third kappa shape index (κ3) is 2.97. The van der Waals surface area contributed by atoms with E-state index in [1.807, 2.05) is 0 Å². The second kappa shape index (κ2) is 4.67. The van der Waals surface area contributed by atoms with Gasteiger partial charge in [-0.1, -0.05) is 15.9 Å². The summed E-state index contributed by atoms with van der Waals surface area (Å²) in [5, 5.41) is 0. The topological polar surface area (TPSA) is 69.1 Å². The van der Waals surface area contributed by atoms with Gasteiger partial charge in [0.25, 0.3) is 0 Å². The highest BCUT2D eigenvalue weighted by Crippen LogP contribution is 2.25. The fourth-order valence-corrected chi connectivity index (χ4v) is 1.63. The number of rotatable bonds is 3. The van der Waals surface area contributed by atoms with Gasteiger partial charge in [0.2, 0.25) is 5.91 Å². The van der Waals surface area contributed by atoms with Crippen molar-refractivity contribution in [1.82, 2.24) is 0 Å². The second-order valence-electron chi connectivity index (χ2n) is 3.06. The zero-order valence-corrected chi connectivity index (χ0v) is 9.22. The van der Waals surface area contributed by atoms with E-state index in [4.69, 9.17) is 11.5 Å². The summed E-state index contributed by atoms with van der Waals surface area (Å²) in [7, 11) is 0. The molecule has 0 aliphatic rings. The van der Waals surface area contributed by atoms with Gasteiger partial charge in [0, 0.05) is 22.5 Å². The molecule has 1 aromatic carbocycles. The van der Waals surface area contributed by atoms with Crippen LogP contribution in [0, 0.1) is 11.6 Å². The number of nitrogens with two attached hydrogens (primary N) is 2. The number of carbonyl (C=O) groups excluding carboxylic acids is 1. The first-order valence-electron chi connectivity index (χ1n) is 4.10. The van der Waals surface area contributed by atoms with Gasteiger partial charge in [-0.15, -0.1) is 0 Å². The first-order valence-corrected chi connectivity index (χ1v) is 4.89. The van der Waals surface area contributed by atoms with Gasteiger partial charge < -0.3 is 11.5 Å². The Hall–Kier alpha value is -1.01. The Morgan fingerprint density at radius 2 is 1.87 bits per heavy atom. The maximum atomic E-state index is 13.3. The molecule has 0 saturated heterocycles. The standard InChI is InChI=1S/C9H9BrF2N2O/c10-4-1-5(11)9(6(12)2-4)7(13)3-8(14)15/h1-2,7H,3,13H2,(H2,14,15). The quantitative estimate of drug-likeness (QED) is 0.882. The van der Waals surface area contributed by atoms with Crippen molar-refractivity contribution in [3.63, 3.8) is 0 Å². The van der Waals surface area contributed by atoms with Crippen LogP contribution in [0.15, 0.2) is 16.6 Å². The van der Waals surface area contributed by atoms with Gasteiger partial charge in [-0.05, 0) is 12.1 Å². The Balaban J connectivity index is 3.08. The molecule has 0 radical (unpaired) electrons. The lowest BCUT2D eigenvalue weighted by atomic mass is 10.0. The minimum atomic E-state index is -1.06. The molecule has 4 N–H and O–H groups in total. The van der Waals surface area contributed by atoms with Crippen molar-refractivity contribution in [3.05, 3.63) is 33.8 Å². The average Bonchev–Trinajstić information content (AvgIpc) is 1.99. The fraction of sp³-hybridized carbons (Fsp3) is 0.222. The van der Waals surface area contributed by atoms with E-state index in [1.54, 1.807) is 0 Å². The number of primary amides is 1. The highest BCUT2D eigenvalue weighted by molar-refractivity contribution is 9.10. The summed E-state index contributed by atoms with van der Waals surface area (Å²) in [4.78, 5) is 10.6. The highest BCUT2D eigenvalue weighted by Gasteiger charge is 2.19. The zero-order chi connectivity index (χ0) is 11.6. The van der Waals surface area contributed by atoms with E-state index in [-0.39, 0.29) is 16.5 Å². The molecule has 1 unspecified atom stereocenters. The maximum Gasteiger partial charge on any atom is 0.219 e. The SMILES string of the molecule is NC(=O)CC(N)c1c(F)cc(Br)cc1F. The molecule has 1 atom stereocenters. The van der Waals surface area contributed by atoms with Crippen LogP contribution in [-0.4, -0.2) is 5.91 Å². The Bertz CT molecular complexity index is 375.